The van der Waals surface area contributed by atoms with E-state index in [0.29, 0.717) is 0 Å². The summed E-state index contributed by atoms with van der Waals surface area (Å²) in [6, 6.07) is 2.38. The summed E-state index contributed by atoms with van der Waals surface area (Å²) in [5.41, 5.74) is -0.976. The molecule has 0 saturated heterocycles. The molecule has 0 radical (unpaired) electrons. The third-order valence-electron chi connectivity index (χ3n) is 1.31. The van der Waals surface area contributed by atoms with E-state index in [9.17, 15) is 13.2 Å². The van der Waals surface area contributed by atoms with E-state index in [1.807, 2.05) is 0 Å². The minimum absolute atomic E-state index is 0.0723. The van der Waals surface area contributed by atoms with Gasteiger partial charge >= 0.3 is 0 Å². The monoisotopic (exact) mass is 250 g/mol. The first-order valence-electron chi connectivity index (χ1n) is 3.10. The summed E-state index contributed by atoms with van der Waals surface area (Å²) in [5.74, 6) is -1.26. The summed E-state index contributed by atoms with van der Waals surface area (Å²) < 4.78 is 36.8. The second-order valence-corrected chi connectivity index (χ2v) is 2.87. The molecule has 2 nitrogen and oxygen atoms in total. The maximum absolute atomic E-state index is 12.7. The van der Waals surface area contributed by atoms with Gasteiger partial charge in [0.25, 0.3) is 6.43 Å². The summed E-state index contributed by atoms with van der Waals surface area (Å²) in [7, 11) is 0. The molecule has 0 fully saturated rings. The Balaban J connectivity index is 3.33. The van der Waals surface area contributed by atoms with E-state index in [1.54, 1.807) is 6.07 Å². The summed E-state index contributed by atoms with van der Waals surface area (Å²) in [6.07, 6.45) is -2.97. The van der Waals surface area contributed by atoms with Crippen molar-refractivity contribution in [3.05, 3.63) is 27.7 Å². The maximum atomic E-state index is 12.7. The van der Waals surface area contributed by atoms with E-state index < -0.39 is 17.9 Å². The lowest BCUT2D eigenvalue weighted by Crippen LogP contribution is -1.97. The van der Waals surface area contributed by atoms with Crippen LogP contribution in [0, 0.1) is 17.3 Å². The number of aromatic nitrogens is 1. The Kier molecular flexibility index (Phi) is 2.88. The largest absolute Gasteiger partial charge is 0.268 e. The highest BCUT2D eigenvalue weighted by Crippen LogP contribution is 2.24. The van der Waals surface area contributed by atoms with Crippen molar-refractivity contribution in [2.75, 3.05) is 0 Å². The number of halogens is 4. The molecule has 0 bridgehead atoms. The van der Waals surface area contributed by atoms with E-state index in [0.717, 1.165) is 6.07 Å². The summed E-state index contributed by atoms with van der Waals surface area (Å²) in [5, 5.41) is 8.43. The first-order valence-corrected chi connectivity index (χ1v) is 3.89. The van der Waals surface area contributed by atoms with Gasteiger partial charge in [0.15, 0.2) is 0 Å². The van der Waals surface area contributed by atoms with Crippen LogP contribution in [0.2, 0.25) is 0 Å². The standard InChI is InChI=1S/C7H2BrF3N2/c8-5-3(2-12)1-4(6(9)10)7(11)13-5/h1,6H. The van der Waals surface area contributed by atoms with Gasteiger partial charge in [-0.25, -0.2) is 13.8 Å². The summed E-state index contributed by atoms with van der Waals surface area (Å²) in [4.78, 5) is 3.11. The van der Waals surface area contributed by atoms with Crippen LogP contribution in [-0.4, -0.2) is 4.98 Å². The molecule has 0 saturated carbocycles. The van der Waals surface area contributed by atoms with Gasteiger partial charge < -0.3 is 0 Å². The Morgan fingerprint density at radius 2 is 2.15 bits per heavy atom. The number of rotatable bonds is 1. The second-order valence-electron chi connectivity index (χ2n) is 2.12. The molecule has 1 aromatic heterocycles. The Morgan fingerprint density at radius 3 is 2.62 bits per heavy atom. The third-order valence-corrected chi connectivity index (χ3v) is 1.92. The van der Waals surface area contributed by atoms with Gasteiger partial charge in [-0.3, -0.25) is 0 Å². The fourth-order valence-electron chi connectivity index (χ4n) is 0.717. The minimum Gasteiger partial charge on any atom is -0.211 e. The van der Waals surface area contributed by atoms with Crippen LogP contribution in [0.1, 0.15) is 17.6 Å². The van der Waals surface area contributed by atoms with Gasteiger partial charge in [-0.2, -0.15) is 9.65 Å². The van der Waals surface area contributed by atoms with Crippen molar-refractivity contribution >= 4 is 15.9 Å². The molecule has 6 heteroatoms. The zero-order chi connectivity index (χ0) is 10.0. The fourth-order valence-corrected chi connectivity index (χ4v) is 1.08. The van der Waals surface area contributed by atoms with Crippen LogP contribution < -0.4 is 0 Å². The topological polar surface area (TPSA) is 36.7 Å². The predicted octanol–water partition coefficient (Wildman–Crippen LogP) is 2.79. The Bertz CT molecular complexity index is 373. The number of pyridine rings is 1. The van der Waals surface area contributed by atoms with E-state index in [-0.39, 0.29) is 10.2 Å². The molecule has 0 spiro atoms. The minimum atomic E-state index is -2.97. The van der Waals surface area contributed by atoms with Crippen LogP contribution >= 0.6 is 15.9 Å². The molecule has 0 unspecified atom stereocenters. The van der Waals surface area contributed by atoms with Gasteiger partial charge in [-0.15, -0.1) is 0 Å². The highest BCUT2D eigenvalue weighted by atomic mass is 79.9. The molecule has 1 heterocycles. The molecule has 0 atom stereocenters. The van der Waals surface area contributed by atoms with Crippen LogP contribution in [0.25, 0.3) is 0 Å². The molecule has 0 aliphatic rings. The number of nitriles is 1. The lowest BCUT2D eigenvalue weighted by Gasteiger charge is -2.01. The molecule has 0 N–H and O–H groups in total. The van der Waals surface area contributed by atoms with Crippen LogP contribution in [-0.2, 0) is 0 Å². The number of nitrogens with zero attached hydrogens (tertiary/aromatic N) is 2. The molecular formula is C7H2BrF3N2. The SMILES string of the molecule is N#Cc1cc(C(F)F)c(F)nc1Br. The normalized spacial score (nSPS) is 10.2. The third kappa shape index (κ3) is 1.98. The zero-order valence-corrected chi connectivity index (χ0v) is 7.65. The van der Waals surface area contributed by atoms with Gasteiger partial charge in [0, 0.05) is 0 Å². The molecular weight excluding hydrogens is 249 g/mol. The van der Waals surface area contributed by atoms with Crippen molar-refractivity contribution in [1.29, 1.82) is 5.26 Å². The lowest BCUT2D eigenvalue weighted by atomic mass is 10.2. The van der Waals surface area contributed by atoms with Crippen molar-refractivity contribution in [1.82, 2.24) is 4.98 Å². The lowest BCUT2D eigenvalue weighted by molar-refractivity contribution is 0.145. The Labute approximate surface area is 80.1 Å². The van der Waals surface area contributed by atoms with Gasteiger partial charge in [-0.1, -0.05) is 0 Å². The molecule has 0 amide bonds. The molecule has 68 valence electrons. The molecule has 13 heavy (non-hydrogen) atoms. The fraction of sp³-hybridized carbons (Fsp3) is 0.143. The van der Waals surface area contributed by atoms with Crippen molar-refractivity contribution in [3.63, 3.8) is 0 Å². The highest BCUT2D eigenvalue weighted by Gasteiger charge is 2.17. The van der Waals surface area contributed by atoms with E-state index >= 15 is 0 Å². The van der Waals surface area contributed by atoms with E-state index in [4.69, 9.17) is 5.26 Å². The molecule has 1 rings (SSSR count). The Morgan fingerprint density at radius 1 is 1.54 bits per heavy atom. The number of alkyl halides is 2. The highest BCUT2D eigenvalue weighted by molar-refractivity contribution is 9.10. The van der Waals surface area contributed by atoms with Gasteiger partial charge in [-0.05, 0) is 22.0 Å². The predicted molar refractivity (Wildman–Crippen MR) is 41.6 cm³/mol. The number of hydrogen-bond acceptors (Lipinski definition) is 2. The first-order chi connectivity index (χ1) is 6.06. The van der Waals surface area contributed by atoms with Crippen LogP contribution in [0.15, 0.2) is 10.7 Å². The van der Waals surface area contributed by atoms with Gasteiger partial charge in [0.2, 0.25) is 5.95 Å². The summed E-state index contributed by atoms with van der Waals surface area (Å²) in [6.45, 7) is 0. The first kappa shape index (κ1) is 9.99. The average Bonchev–Trinajstić information content (AvgIpc) is 2.03. The van der Waals surface area contributed by atoms with Crippen molar-refractivity contribution in [2.24, 2.45) is 0 Å². The van der Waals surface area contributed by atoms with Gasteiger partial charge in [0.05, 0.1) is 11.1 Å². The van der Waals surface area contributed by atoms with Crippen LogP contribution in [0.5, 0.6) is 0 Å². The Hall–Kier alpha value is -1.09. The summed E-state index contributed by atoms with van der Waals surface area (Å²) >= 11 is 2.77. The average molecular weight is 251 g/mol. The zero-order valence-electron chi connectivity index (χ0n) is 6.06. The van der Waals surface area contributed by atoms with Crippen molar-refractivity contribution in [2.45, 2.75) is 6.43 Å². The second kappa shape index (κ2) is 3.75. The quantitative estimate of drug-likeness (QED) is 0.719. The molecule has 0 aliphatic heterocycles. The van der Waals surface area contributed by atoms with E-state index in [2.05, 4.69) is 20.9 Å². The molecule has 0 aliphatic carbocycles. The van der Waals surface area contributed by atoms with Crippen molar-refractivity contribution < 1.29 is 13.2 Å². The number of hydrogen-bond donors (Lipinski definition) is 0. The smallest absolute Gasteiger partial charge is 0.211 e. The van der Waals surface area contributed by atoms with Crippen molar-refractivity contribution in [3.8, 4) is 6.07 Å². The molecule has 0 aromatic carbocycles. The van der Waals surface area contributed by atoms with Gasteiger partial charge in [0.1, 0.15) is 10.7 Å². The maximum Gasteiger partial charge on any atom is 0.268 e. The van der Waals surface area contributed by atoms with E-state index in [1.165, 1.54) is 0 Å². The van der Waals surface area contributed by atoms with Crippen LogP contribution in [0.3, 0.4) is 0 Å². The molecule has 1 aromatic rings. The van der Waals surface area contributed by atoms with Crippen LogP contribution in [0.4, 0.5) is 13.2 Å².